The monoisotopic (exact) mass is 284 g/mol. The zero-order valence-corrected chi connectivity index (χ0v) is 11.8. The number of hydrogen-bond acceptors (Lipinski definition) is 4. The molecule has 0 bridgehead atoms. The highest BCUT2D eigenvalue weighted by molar-refractivity contribution is 5.94. The maximum atomic E-state index is 10.9. The van der Waals surface area contributed by atoms with Crippen LogP contribution in [0.1, 0.15) is 47.1 Å². The van der Waals surface area contributed by atoms with Crippen LogP contribution < -0.4 is 0 Å². The summed E-state index contributed by atoms with van der Waals surface area (Å²) in [7, 11) is 0. The summed E-state index contributed by atoms with van der Waals surface area (Å²) in [5.41, 5.74) is 0.426. The average molecular weight is 284 g/mol. The number of carboxylic acids is 2. The molecule has 0 spiro atoms. The quantitative estimate of drug-likeness (QED) is 0.666. The molecular weight excluding hydrogens is 264 g/mol. The fourth-order valence-corrected chi connectivity index (χ4v) is 1.31. The summed E-state index contributed by atoms with van der Waals surface area (Å²) in [6.45, 7) is 5.46. The second-order valence-corrected chi connectivity index (χ2v) is 5.11. The number of carbonyl (C=O) groups is 2. The van der Waals surface area contributed by atoms with Crippen molar-refractivity contribution in [1.82, 2.24) is 0 Å². The number of hydrogen-bond donors (Lipinski definition) is 4. The minimum absolute atomic E-state index is 0.00447. The van der Waals surface area contributed by atoms with Gasteiger partial charge in [-0.25, -0.2) is 9.59 Å². The molecule has 0 amide bonds. The predicted molar refractivity (Wildman–Crippen MR) is 73.2 cm³/mol. The first-order valence-corrected chi connectivity index (χ1v) is 5.97. The first kappa shape index (κ1) is 18.1. The van der Waals surface area contributed by atoms with E-state index in [4.69, 9.17) is 20.4 Å². The molecule has 0 aliphatic rings. The SMILES string of the molecule is CC(C)(C)c1cc(C(=O)O)cc(C(=O)O)c1.OCCO. The van der Waals surface area contributed by atoms with Gasteiger partial charge in [-0.2, -0.15) is 0 Å². The van der Waals surface area contributed by atoms with Crippen molar-refractivity contribution in [2.45, 2.75) is 26.2 Å². The van der Waals surface area contributed by atoms with E-state index >= 15 is 0 Å². The smallest absolute Gasteiger partial charge is 0.335 e. The third-order valence-electron chi connectivity index (χ3n) is 2.39. The second kappa shape index (κ2) is 7.62. The van der Waals surface area contributed by atoms with Gasteiger partial charge in [0.1, 0.15) is 0 Å². The average Bonchev–Trinajstić information content (AvgIpc) is 2.37. The van der Waals surface area contributed by atoms with Crippen molar-refractivity contribution >= 4 is 11.9 Å². The van der Waals surface area contributed by atoms with E-state index in [0.29, 0.717) is 5.56 Å². The van der Waals surface area contributed by atoms with Crippen LogP contribution in [0.3, 0.4) is 0 Å². The van der Waals surface area contributed by atoms with Gasteiger partial charge in [-0.15, -0.1) is 0 Å². The van der Waals surface area contributed by atoms with E-state index in [1.807, 2.05) is 20.8 Å². The van der Waals surface area contributed by atoms with Crippen LogP contribution in [-0.2, 0) is 5.41 Å². The molecule has 0 atom stereocenters. The van der Waals surface area contributed by atoms with Gasteiger partial charge in [0.15, 0.2) is 0 Å². The lowest BCUT2D eigenvalue weighted by molar-refractivity contribution is 0.0696. The zero-order valence-electron chi connectivity index (χ0n) is 11.8. The van der Waals surface area contributed by atoms with Gasteiger partial charge in [0.25, 0.3) is 0 Å². The molecule has 1 aromatic carbocycles. The van der Waals surface area contributed by atoms with Crippen LogP contribution in [0.15, 0.2) is 18.2 Å². The molecule has 1 rings (SSSR count). The summed E-state index contributed by atoms with van der Waals surface area (Å²) in [4.78, 5) is 21.7. The van der Waals surface area contributed by atoms with Crippen LogP contribution in [0.25, 0.3) is 0 Å². The van der Waals surface area contributed by atoms with E-state index in [0.717, 1.165) is 0 Å². The Hall–Kier alpha value is -1.92. The topological polar surface area (TPSA) is 115 Å². The molecule has 0 saturated heterocycles. The number of aromatic carboxylic acids is 2. The molecule has 20 heavy (non-hydrogen) atoms. The van der Waals surface area contributed by atoms with Crippen molar-refractivity contribution < 1.29 is 30.0 Å². The van der Waals surface area contributed by atoms with Gasteiger partial charge in [0.2, 0.25) is 0 Å². The fraction of sp³-hybridized carbons (Fsp3) is 0.429. The standard InChI is InChI=1S/C12H14O4.C2H6O2/c1-12(2,3)9-5-7(10(13)14)4-8(6-9)11(15)16;3-1-2-4/h4-6H,1-3H3,(H,13,14)(H,15,16);3-4H,1-2H2. The summed E-state index contributed by atoms with van der Waals surface area (Å²) in [6.07, 6.45) is 0. The summed E-state index contributed by atoms with van der Waals surface area (Å²) in [5.74, 6) is -2.23. The molecule has 0 saturated carbocycles. The van der Waals surface area contributed by atoms with Gasteiger partial charge in [0.05, 0.1) is 24.3 Å². The largest absolute Gasteiger partial charge is 0.478 e. The Morgan fingerprint density at radius 3 is 1.45 bits per heavy atom. The number of carboxylic acid groups (broad SMARTS) is 2. The third kappa shape index (κ3) is 5.81. The van der Waals surface area contributed by atoms with E-state index in [1.165, 1.54) is 18.2 Å². The van der Waals surface area contributed by atoms with E-state index < -0.39 is 11.9 Å². The molecule has 0 fully saturated rings. The molecule has 112 valence electrons. The van der Waals surface area contributed by atoms with Crippen molar-refractivity contribution in [3.05, 3.63) is 34.9 Å². The maximum Gasteiger partial charge on any atom is 0.335 e. The van der Waals surface area contributed by atoms with Gasteiger partial charge in [-0.1, -0.05) is 20.8 Å². The van der Waals surface area contributed by atoms with E-state index in [2.05, 4.69) is 0 Å². The van der Waals surface area contributed by atoms with Gasteiger partial charge >= 0.3 is 11.9 Å². The van der Waals surface area contributed by atoms with Gasteiger partial charge in [-0.3, -0.25) is 0 Å². The Morgan fingerprint density at radius 2 is 1.25 bits per heavy atom. The fourth-order valence-electron chi connectivity index (χ4n) is 1.31. The Morgan fingerprint density at radius 1 is 0.900 bits per heavy atom. The highest BCUT2D eigenvalue weighted by Crippen LogP contribution is 2.24. The molecule has 6 nitrogen and oxygen atoms in total. The highest BCUT2D eigenvalue weighted by atomic mass is 16.4. The number of aliphatic hydroxyl groups is 2. The van der Waals surface area contributed by atoms with Crippen LogP contribution in [0.5, 0.6) is 0 Å². The molecule has 0 aliphatic carbocycles. The van der Waals surface area contributed by atoms with E-state index in [-0.39, 0.29) is 29.8 Å². The predicted octanol–water partition coefficient (Wildman–Crippen LogP) is 1.35. The molecule has 0 heterocycles. The minimum atomic E-state index is -1.12. The Labute approximate surface area is 117 Å². The van der Waals surface area contributed by atoms with E-state index in [1.54, 1.807) is 0 Å². The summed E-state index contributed by atoms with van der Waals surface area (Å²) in [5, 5.41) is 33.0. The lowest BCUT2D eigenvalue weighted by Gasteiger charge is -2.20. The molecule has 0 unspecified atom stereocenters. The van der Waals surface area contributed by atoms with Crippen LogP contribution >= 0.6 is 0 Å². The van der Waals surface area contributed by atoms with Crippen molar-refractivity contribution in [2.24, 2.45) is 0 Å². The number of benzene rings is 1. The first-order valence-electron chi connectivity index (χ1n) is 5.97. The van der Waals surface area contributed by atoms with Crippen LogP contribution in [0, 0.1) is 0 Å². The number of aliphatic hydroxyl groups excluding tert-OH is 2. The van der Waals surface area contributed by atoms with Crippen molar-refractivity contribution in [3.8, 4) is 0 Å². The lowest BCUT2D eigenvalue weighted by Crippen LogP contribution is -2.14. The van der Waals surface area contributed by atoms with Crippen LogP contribution in [0.2, 0.25) is 0 Å². The molecule has 0 aliphatic heterocycles. The molecule has 0 radical (unpaired) electrons. The summed E-state index contributed by atoms with van der Waals surface area (Å²) >= 11 is 0. The van der Waals surface area contributed by atoms with Crippen LogP contribution in [0.4, 0.5) is 0 Å². The van der Waals surface area contributed by atoms with Gasteiger partial charge in [-0.05, 0) is 29.2 Å². The Balaban J connectivity index is 0.000000796. The minimum Gasteiger partial charge on any atom is -0.478 e. The molecular formula is C14H20O6. The van der Waals surface area contributed by atoms with Crippen molar-refractivity contribution in [3.63, 3.8) is 0 Å². The third-order valence-corrected chi connectivity index (χ3v) is 2.39. The van der Waals surface area contributed by atoms with E-state index in [9.17, 15) is 9.59 Å². The Bertz CT molecular complexity index is 439. The highest BCUT2D eigenvalue weighted by Gasteiger charge is 2.19. The Kier molecular flexibility index (Phi) is 6.89. The first-order chi connectivity index (χ1) is 9.13. The normalized spacial score (nSPS) is 10.4. The van der Waals surface area contributed by atoms with Crippen molar-refractivity contribution in [1.29, 1.82) is 0 Å². The zero-order chi connectivity index (χ0) is 15.9. The molecule has 1 aromatic rings. The molecule has 0 aromatic heterocycles. The summed E-state index contributed by atoms with van der Waals surface area (Å²) in [6, 6.07) is 4.18. The van der Waals surface area contributed by atoms with Crippen molar-refractivity contribution in [2.75, 3.05) is 13.2 Å². The maximum absolute atomic E-state index is 10.9. The number of rotatable bonds is 3. The van der Waals surface area contributed by atoms with Crippen LogP contribution in [-0.4, -0.2) is 45.6 Å². The second-order valence-electron chi connectivity index (χ2n) is 5.11. The summed E-state index contributed by atoms with van der Waals surface area (Å²) < 4.78 is 0. The van der Waals surface area contributed by atoms with Gasteiger partial charge < -0.3 is 20.4 Å². The van der Waals surface area contributed by atoms with Gasteiger partial charge in [0, 0.05) is 0 Å². The molecule has 4 N–H and O–H groups in total. The molecule has 6 heteroatoms. The lowest BCUT2D eigenvalue weighted by atomic mass is 9.85.